The number of hydrogen-bond donors (Lipinski definition) is 2. The molecule has 0 aliphatic heterocycles. The smallest absolute Gasteiger partial charge is 0.292 e. The molecule has 2 radical (unpaired) electrons. The zero-order chi connectivity index (χ0) is 4.12. The molecule has 0 saturated carbocycles. The Hall–Kier alpha value is -0.640. The summed E-state index contributed by atoms with van der Waals surface area (Å²) in [6.07, 6.45) is 0. The Morgan fingerprint density at radius 1 is 1.80 bits per heavy atom. The highest BCUT2D eigenvalue weighted by atomic mass is 16.3. The quantitative estimate of drug-likeness (QED) is 0.253. The molecule has 0 aromatic rings. The average Bonchev–Trinajstić information content (AvgIpc) is 1.41. The van der Waals surface area contributed by atoms with Crippen molar-refractivity contribution in [3.8, 4) is 0 Å². The van der Waals surface area contributed by atoms with Crippen molar-refractivity contribution < 1.29 is 5.11 Å². The van der Waals surface area contributed by atoms with E-state index >= 15 is 0 Å². The lowest BCUT2D eigenvalue weighted by molar-refractivity contribution is 0.385. The van der Waals surface area contributed by atoms with E-state index in [2.05, 4.69) is 16.2 Å². The lowest BCUT2D eigenvalue weighted by Gasteiger charge is -1.63. The highest BCUT2D eigenvalue weighted by molar-refractivity contribution is 4.24. The van der Waals surface area contributed by atoms with E-state index < -0.39 is 0 Å². The van der Waals surface area contributed by atoms with Crippen molar-refractivity contribution >= 4 is 0 Å². The molecule has 5 heavy (non-hydrogen) atoms. The van der Waals surface area contributed by atoms with Crippen LogP contribution in [0.3, 0.4) is 0 Å². The van der Waals surface area contributed by atoms with Crippen LogP contribution in [0.2, 0.25) is 0 Å². The first-order valence-electron chi connectivity index (χ1n) is 0.905. The van der Waals surface area contributed by atoms with Crippen LogP contribution in [-0.2, 0) is 0 Å². The fourth-order valence-corrected chi connectivity index (χ4v) is 0.0258. The third-order valence-corrected chi connectivity index (χ3v) is 0.102. The zero-order valence-corrected chi connectivity index (χ0v) is 2.42. The van der Waals surface area contributed by atoms with E-state index in [0.717, 1.165) is 0 Å². The first-order chi connectivity index (χ1) is 2.41. The number of nitrogens with zero attached hydrogens (tertiary/aromatic N) is 2. The summed E-state index contributed by atoms with van der Waals surface area (Å²) in [6, 6.07) is 0. The minimum Gasteiger partial charge on any atom is -0.360 e. The van der Waals surface area contributed by atoms with Gasteiger partial charge in [0.15, 0.2) is 0 Å². The molecule has 0 bridgehead atoms. The van der Waals surface area contributed by atoms with Gasteiger partial charge in [0, 0.05) is 0 Å². The van der Waals surface area contributed by atoms with Gasteiger partial charge in [0.05, 0.1) is 0 Å². The molecule has 0 aromatic heterocycles. The molecule has 0 atom stereocenters. The molecular weight excluding hydrogens is 70.0 g/mol. The van der Waals surface area contributed by atoms with Crippen molar-refractivity contribution in [3.63, 3.8) is 0 Å². The van der Waals surface area contributed by atoms with Gasteiger partial charge in [0.1, 0.15) is 0 Å². The van der Waals surface area contributed by atoms with E-state index in [9.17, 15) is 0 Å². The van der Waals surface area contributed by atoms with Gasteiger partial charge in [-0.1, -0.05) is 5.22 Å². The van der Waals surface area contributed by atoms with Gasteiger partial charge >= 0.3 is 0 Å². The van der Waals surface area contributed by atoms with Gasteiger partial charge in [-0.2, -0.15) is 0 Å². The monoisotopic (exact) mass is 73.0 g/mol. The molecule has 3 N–H and O–H groups in total. The van der Waals surface area contributed by atoms with Gasteiger partial charge in [-0.3, -0.25) is 0 Å². The Morgan fingerprint density at radius 3 is 2.40 bits per heavy atom. The van der Waals surface area contributed by atoms with Crippen LogP contribution in [0, 0.1) is 6.73 Å². The molecule has 0 rings (SSSR count). The topological polar surface area (TPSA) is 71.0 Å². The molecule has 0 unspecified atom stereocenters. The predicted molar refractivity (Wildman–Crippen MR) is 14.2 cm³/mol. The molecule has 0 saturated heterocycles. The normalized spacial score (nSPS) is 9.80. The van der Waals surface area contributed by atoms with E-state index in [4.69, 9.17) is 5.11 Å². The largest absolute Gasteiger partial charge is 0.360 e. The highest BCUT2D eigenvalue weighted by Crippen LogP contribution is 1.63. The van der Waals surface area contributed by atoms with E-state index in [1.165, 1.54) is 6.73 Å². The maximum absolute atomic E-state index is 7.48. The van der Waals surface area contributed by atoms with Gasteiger partial charge < -0.3 is 10.9 Å². The Balaban J connectivity index is 2.62. The fourth-order valence-electron chi connectivity index (χ4n) is 0.0258. The summed E-state index contributed by atoms with van der Waals surface area (Å²) in [5.41, 5.74) is 0. The van der Waals surface area contributed by atoms with Crippen LogP contribution in [0.1, 0.15) is 0 Å². The Labute approximate surface area is 29.3 Å². The lowest BCUT2D eigenvalue weighted by Crippen LogP contribution is -1.73. The molecule has 4 heteroatoms. The van der Waals surface area contributed by atoms with E-state index in [-0.39, 0.29) is 0 Å². The van der Waals surface area contributed by atoms with Gasteiger partial charge in [-0.05, 0) is 0 Å². The molecule has 4 nitrogen and oxygen atoms in total. The minimum atomic E-state index is 1.35. The van der Waals surface area contributed by atoms with Gasteiger partial charge in [0.2, 0.25) is 0 Å². The average molecular weight is 73.1 g/mol. The molecule has 0 aliphatic carbocycles. The van der Waals surface area contributed by atoms with Crippen molar-refractivity contribution in [2.75, 3.05) is 0 Å². The van der Waals surface area contributed by atoms with Gasteiger partial charge in [-0.25, -0.2) is 0 Å². The second-order valence-electron chi connectivity index (χ2n) is 0.315. The van der Waals surface area contributed by atoms with Crippen LogP contribution in [-0.4, -0.2) is 5.11 Å². The van der Waals surface area contributed by atoms with Crippen molar-refractivity contribution in [3.05, 3.63) is 6.73 Å². The van der Waals surface area contributed by atoms with Crippen molar-refractivity contribution in [1.29, 1.82) is 0 Å². The minimum absolute atomic E-state index is 1.35. The summed E-state index contributed by atoms with van der Waals surface area (Å²) in [5, 5.41) is 12.8. The molecule has 0 heterocycles. The maximum Gasteiger partial charge on any atom is 0.292 e. The second kappa shape index (κ2) is 3.36. The van der Waals surface area contributed by atoms with Crippen molar-refractivity contribution in [2.45, 2.75) is 0 Å². The molecule has 0 aliphatic rings. The molecule has 0 fully saturated rings. The summed E-state index contributed by atoms with van der Waals surface area (Å²) >= 11 is 0. The van der Waals surface area contributed by atoms with Crippen molar-refractivity contribution in [2.24, 2.45) is 16.2 Å². The second-order valence-corrected chi connectivity index (χ2v) is 0.315. The Bertz CT molecular complexity index is 33.9. The molecule has 28 valence electrons. The predicted octanol–water partition coefficient (Wildman–Crippen LogP) is -0.319. The number of aliphatic hydroxyl groups is 1. The number of rotatable bonds is 1. The number of aliphatic hydroxyl groups excluding tert-OH is 1. The van der Waals surface area contributed by atoms with Gasteiger partial charge in [0.25, 0.3) is 6.73 Å². The summed E-state index contributed by atoms with van der Waals surface area (Å²) < 4.78 is 0. The van der Waals surface area contributed by atoms with Crippen LogP contribution < -0.4 is 5.84 Å². The molecule has 0 aromatic carbocycles. The number of nitrogens with two attached hydrogens (primary N) is 1. The van der Waals surface area contributed by atoms with E-state index in [1.54, 1.807) is 0 Å². The summed E-state index contributed by atoms with van der Waals surface area (Å²) in [4.78, 5) is 0. The first kappa shape index (κ1) is 4.36. The highest BCUT2D eigenvalue weighted by Gasteiger charge is 1.59. The summed E-state index contributed by atoms with van der Waals surface area (Å²) in [7, 11) is 0. The number of hydrogen-bond acceptors (Lipinski definition) is 3. The van der Waals surface area contributed by atoms with Crippen LogP contribution in [0.4, 0.5) is 0 Å². The summed E-state index contributed by atoms with van der Waals surface area (Å²) in [5.74, 6) is 4.37. The third-order valence-electron chi connectivity index (χ3n) is 0.102. The Morgan fingerprint density at radius 2 is 2.40 bits per heavy atom. The fraction of sp³-hybridized carbons (Fsp3) is 0. The molecular formula is CH3N3O. The lowest BCUT2D eigenvalue weighted by atomic mass is 11.4. The Kier molecular flexibility index (Phi) is 2.93. The van der Waals surface area contributed by atoms with Crippen LogP contribution in [0.5, 0.6) is 0 Å². The van der Waals surface area contributed by atoms with Gasteiger partial charge in [-0.15, -0.1) is 5.11 Å². The molecule has 0 amide bonds. The van der Waals surface area contributed by atoms with Crippen LogP contribution in [0.15, 0.2) is 10.3 Å². The summed E-state index contributed by atoms with van der Waals surface area (Å²) in [6.45, 7) is 1.35. The van der Waals surface area contributed by atoms with E-state index in [1.807, 2.05) is 0 Å². The molecule has 0 spiro atoms. The van der Waals surface area contributed by atoms with Crippen LogP contribution >= 0.6 is 0 Å². The SMILES string of the molecule is N/N=N/[C]O. The van der Waals surface area contributed by atoms with E-state index in [0.29, 0.717) is 0 Å². The first-order valence-corrected chi connectivity index (χ1v) is 0.905. The van der Waals surface area contributed by atoms with Crippen LogP contribution in [0.25, 0.3) is 0 Å². The standard InChI is InChI=1S/CH3N3O/c2-4-3-1-5/h5H,(H2,2,3). The zero-order valence-electron chi connectivity index (χ0n) is 2.42. The third kappa shape index (κ3) is 3.36. The maximum atomic E-state index is 7.48. The van der Waals surface area contributed by atoms with Crippen molar-refractivity contribution in [1.82, 2.24) is 0 Å².